The number of rotatable bonds is 2. The van der Waals surface area contributed by atoms with Crippen LogP contribution in [0.5, 0.6) is 0 Å². The topological polar surface area (TPSA) is 36.7 Å². The molecule has 0 atom stereocenters. The molecule has 2 aromatic rings. The lowest BCUT2D eigenvalue weighted by molar-refractivity contribution is 0.147. The van der Waals surface area contributed by atoms with Crippen molar-refractivity contribution >= 4 is 22.6 Å². The highest BCUT2D eigenvalue weighted by Gasteiger charge is 2.16. The molecule has 0 spiro atoms. The lowest BCUT2D eigenvalue weighted by Crippen LogP contribution is -2.44. The average molecular weight is 293 g/mol. The van der Waals surface area contributed by atoms with Gasteiger partial charge in [-0.1, -0.05) is 11.6 Å². The van der Waals surface area contributed by atoms with Gasteiger partial charge < -0.3 is 9.32 Å². The first-order valence-corrected chi connectivity index (χ1v) is 7.12. The summed E-state index contributed by atoms with van der Waals surface area (Å²) < 4.78 is 5.55. The molecule has 1 aromatic carbocycles. The van der Waals surface area contributed by atoms with Crippen LogP contribution in [0, 0.1) is 0 Å². The van der Waals surface area contributed by atoms with E-state index in [2.05, 4.69) is 16.8 Å². The van der Waals surface area contributed by atoms with E-state index >= 15 is 0 Å². The zero-order chi connectivity index (χ0) is 14.1. The molecule has 4 nitrogen and oxygen atoms in total. The monoisotopic (exact) mass is 292 g/mol. The molecule has 1 aliphatic rings. The maximum atomic E-state index is 12.5. The fourth-order valence-corrected chi connectivity index (χ4v) is 2.67. The molecule has 0 radical (unpaired) electrons. The number of halogens is 1. The maximum Gasteiger partial charge on any atom is 0.197 e. The van der Waals surface area contributed by atoms with Crippen molar-refractivity contribution in [2.45, 2.75) is 6.54 Å². The Hall–Kier alpha value is -1.36. The van der Waals surface area contributed by atoms with E-state index in [1.807, 2.05) is 0 Å². The Morgan fingerprint density at radius 1 is 1.25 bits per heavy atom. The van der Waals surface area contributed by atoms with Gasteiger partial charge in [0.25, 0.3) is 0 Å². The second-order valence-electron chi connectivity index (χ2n) is 5.31. The summed E-state index contributed by atoms with van der Waals surface area (Å²) in [5.41, 5.74) is 1.30. The van der Waals surface area contributed by atoms with Crippen molar-refractivity contribution in [1.29, 1.82) is 0 Å². The van der Waals surface area contributed by atoms with E-state index in [1.165, 1.54) is 0 Å². The third kappa shape index (κ3) is 2.73. The predicted octanol–water partition coefficient (Wildman–Crippen LogP) is 2.19. The van der Waals surface area contributed by atoms with Crippen LogP contribution in [0.1, 0.15) is 5.56 Å². The van der Waals surface area contributed by atoms with Crippen molar-refractivity contribution in [3.05, 3.63) is 45.3 Å². The molecule has 106 valence electrons. The van der Waals surface area contributed by atoms with Crippen LogP contribution in [0.3, 0.4) is 0 Å². The van der Waals surface area contributed by atoms with Gasteiger partial charge in [0.2, 0.25) is 0 Å². The Labute approximate surface area is 122 Å². The van der Waals surface area contributed by atoms with Gasteiger partial charge in [-0.15, -0.1) is 0 Å². The highest BCUT2D eigenvalue weighted by Crippen LogP contribution is 2.17. The van der Waals surface area contributed by atoms with E-state index in [-0.39, 0.29) is 5.43 Å². The van der Waals surface area contributed by atoms with Crippen LogP contribution in [-0.2, 0) is 6.54 Å². The quantitative estimate of drug-likeness (QED) is 0.850. The molecule has 2 heterocycles. The summed E-state index contributed by atoms with van der Waals surface area (Å²) in [5.74, 6) is 0. The summed E-state index contributed by atoms with van der Waals surface area (Å²) in [5, 5.41) is 1.12. The Kier molecular flexibility index (Phi) is 3.78. The van der Waals surface area contributed by atoms with Crippen molar-refractivity contribution in [1.82, 2.24) is 9.80 Å². The predicted molar refractivity (Wildman–Crippen MR) is 80.3 cm³/mol. The van der Waals surface area contributed by atoms with Crippen LogP contribution >= 0.6 is 11.6 Å². The number of likely N-dealkylation sites (N-methyl/N-ethyl adjacent to an activating group) is 1. The molecule has 1 saturated heterocycles. The molecule has 3 rings (SSSR count). The van der Waals surface area contributed by atoms with Gasteiger partial charge in [0.1, 0.15) is 5.58 Å². The molecule has 20 heavy (non-hydrogen) atoms. The van der Waals surface area contributed by atoms with Gasteiger partial charge in [-0.3, -0.25) is 9.69 Å². The smallest absolute Gasteiger partial charge is 0.197 e. The second kappa shape index (κ2) is 5.56. The number of piperazine rings is 1. The van der Waals surface area contributed by atoms with Crippen LogP contribution in [0.25, 0.3) is 11.0 Å². The molecule has 0 amide bonds. The minimum atomic E-state index is 0.0210. The zero-order valence-corrected chi connectivity index (χ0v) is 12.2. The Morgan fingerprint density at radius 3 is 2.75 bits per heavy atom. The van der Waals surface area contributed by atoms with E-state index in [0.29, 0.717) is 28.1 Å². The van der Waals surface area contributed by atoms with E-state index in [9.17, 15) is 4.79 Å². The van der Waals surface area contributed by atoms with Gasteiger partial charge >= 0.3 is 0 Å². The molecule has 0 saturated carbocycles. The molecule has 0 aliphatic carbocycles. The van der Waals surface area contributed by atoms with Gasteiger partial charge in [-0.25, -0.2) is 0 Å². The summed E-state index contributed by atoms with van der Waals surface area (Å²) in [4.78, 5) is 17.0. The van der Waals surface area contributed by atoms with Crippen molar-refractivity contribution in [2.24, 2.45) is 0 Å². The lowest BCUT2D eigenvalue weighted by atomic mass is 10.1. The van der Waals surface area contributed by atoms with Crippen LogP contribution in [0.2, 0.25) is 5.02 Å². The highest BCUT2D eigenvalue weighted by molar-refractivity contribution is 6.31. The summed E-state index contributed by atoms with van der Waals surface area (Å²) >= 11 is 5.95. The van der Waals surface area contributed by atoms with E-state index in [0.717, 1.165) is 26.2 Å². The SMILES string of the molecule is CN1CCN(Cc2coc3ccc(Cl)cc3c2=O)CC1. The van der Waals surface area contributed by atoms with Crippen molar-refractivity contribution in [3.63, 3.8) is 0 Å². The minimum absolute atomic E-state index is 0.0210. The fraction of sp³-hybridized carbons (Fsp3) is 0.400. The van der Waals surface area contributed by atoms with Crippen LogP contribution in [0.4, 0.5) is 0 Å². The fourth-order valence-electron chi connectivity index (χ4n) is 2.50. The van der Waals surface area contributed by atoms with Crippen molar-refractivity contribution in [3.8, 4) is 0 Å². The summed E-state index contributed by atoms with van der Waals surface area (Å²) in [6.07, 6.45) is 1.58. The summed E-state index contributed by atoms with van der Waals surface area (Å²) in [6.45, 7) is 4.65. The third-order valence-corrected chi connectivity index (χ3v) is 4.03. The molecule has 0 bridgehead atoms. The molecular formula is C15H17ClN2O2. The molecule has 1 fully saturated rings. The van der Waals surface area contributed by atoms with Gasteiger partial charge in [0.05, 0.1) is 11.6 Å². The summed E-state index contributed by atoms with van der Waals surface area (Å²) in [7, 11) is 2.11. The molecular weight excluding hydrogens is 276 g/mol. The second-order valence-corrected chi connectivity index (χ2v) is 5.75. The number of hydrogen-bond acceptors (Lipinski definition) is 4. The number of hydrogen-bond donors (Lipinski definition) is 0. The Bertz CT molecular complexity index is 675. The first kappa shape index (κ1) is 13.6. The maximum absolute atomic E-state index is 12.5. The highest BCUT2D eigenvalue weighted by atomic mass is 35.5. The number of nitrogens with zero attached hydrogens (tertiary/aromatic N) is 2. The molecule has 0 N–H and O–H groups in total. The minimum Gasteiger partial charge on any atom is -0.464 e. The van der Waals surface area contributed by atoms with Crippen LogP contribution in [0.15, 0.2) is 33.7 Å². The van der Waals surface area contributed by atoms with Crippen LogP contribution in [-0.4, -0.2) is 43.0 Å². The third-order valence-electron chi connectivity index (χ3n) is 3.80. The molecule has 0 unspecified atom stereocenters. The van der Waals surface area contributed by atoms with Gasteiger partial charge in [0.15, 0.2) is 5.43 Å². The summed E-state index contributed by atoms with van der Waals surface area (Å²) in [6, 6.07) is 5.14. The van der Waals surface area contributed by atoms with Crippen molar-refractivity contribution in [2.75, 3.05) is 33.2 Å². The molecule has 5 heteroatoms. The first-order chi connectivity index (χ1) is 9.63. The van der Waals surface area contributed by atoms with E-state index < -0.39 is 0 Å². The molecule has 1 aromatic heterocycles. The Morgan fingerprint density at radius 2 is 2.00 bits per heavy atom. The standard InChI is InChI=1S/C15H17ClN2O2/c1-17-4-6-18(7-5-17)9-11-10-20-14-3-2-12(16)8-13(14)15(11)19/h2-3,8,10H,4-7,9H2,1H3. The largest absolute Gasteiger partial charge is 0.464 e. The van der Waals surface area contributed by atoms with E-state index in [4.69, 9.17) is 16.0 Å². The molecule has 1 aliphatic heterocycles. The number of benzene rings is 1. The van der Waals surface area contributed by atoms with Gasteiger partial charge in [0, 0.05) is 43.3 Å². The van der Waals surface area contributed by atoms with Gasteiger partial charge in [-0.2, -0.15) is 0 Å². The zero-order valence-electron chi connectivity index (χ0n) is 11.4. The normalized spacial score (nSPS) is 17.7. The van der Waals surface area contributed by atoms with E-state index in [1.54, 1.807) is 24.5 Å². The lowest BCUT2D eigenvalue weighted by Gasteiger charge is -2.32. The number of fused-ring (bicyclic) bond motifs is 1. The van der Waals surface area contributed by atoms with Crippen molar-refractivity contribution < 1.29 is 4.42 Å². The first-order valence-electron chi connectivity index (χ1n) is 6.74. The van der Waals surface area contributed by atoms with Crippen LogP contribution < -0.4 is 5.43 Å². The average Bonchev–Trinajstić information content (AvgIpc) is 2.45. The Balaban J connectivity index is 1.88. The van der Waals surface area contributed by atoms with Gasteiger partial charge in [-0.05, 0) is 25.2 Å².